The molecule has 40 heavy (non-hydrogen) atoms. The molecular formula is C32H28Br4O4. The zero-order valence-corrected chi connectivity index (χ0v) is 28.8. The molecule has 8 heteroatoms. The van der Waals surface area contributed by atoms with Crippen LogP contribution in [0.25, 0.3) is 0 Å². The predicted octanol–water partition coefficient (Wildman–Crippen LogP) is 9.47. The van der Waals surface area contributed by atoms with Gasteiger partial charge in [0.05, 0.1) is 0 Å². The van der Waals surface area contributed by atoms with E-state index >= 15 is 0 Å². The lowest BCUT2D eigenvalue weighted by atomic mass is 9.87. The van der Waals surface area contributed by atoms with Gasteiger partial charge in [-0.15, -0.1) is 0 Å². The Balaban J connectivity index is 1.87. The fourth-order valence-corrected chi connectivity index (χ4v) is 7.61. The van der Waals surface area contributed by atoms with Gasteiger partial charge in [0.2, 0.25) is 0 Å². The van der Waals surface area contributed by atoms with Gasteiger partial charge in [0.1, 0.15) is 23.0 Å². The molecule has 4 nitrogen and oxygen atoms in total. The number of aromatic hydroxyl groups is 4. The molecule has 0 atom stereocenters. The molecule has 0 fully saturated rings. The lowest BCUT2D eigenvalue weighted by Crippen LogP contribution is -2.05. The van der Waals surface area contributed by atoms with Crippen LogP contribution in [-0.2, 0) is 25.7 Å². The molecule has 4 N–H and O–H groups in total. The topological polar surface area (TPSA) is 80.9 Å². The summed E-state index contributed by atoms with van der Waals surface area (Å²) in [5, 5.41) is 46.2. The highest BCUT2D eigenvalue weighted by atomic mass is 79.9. The van der Waals surface area contributed by atoms with Crippen molar-refractivity contribution >= 4 is 63.7 Å². The molecule has 4 aromatic rings. The smallest absolute Gasteiger partial charge is 0.122 e. The van der Waals surface area contributed by atoms with Gasteiger partial charge >= 0.3 is 0 Å². The molecule has 0 spiro atoms. The summed E-state index contributed by atoms with van der Waals surface area (Å²) in [6.07, 6.45) is 1.19. The summed E-state index contributed by atoms with van der Waals surface area (Å²) in [6.45, 7) is 7.75. The van der Waals surface area contributed by atoms with Gasteiger partial charge in [-0.05, 0) is 96.5 Å². The van der Waals surface area contributed by atoms with Gasteiger partial charge in [-0.1, -0.05) is 63.7 Å². The Hall–Kier alpha value is -2.00. The number of rotatable bonds is 0. The molecule has 0 heterocycles. The highest BCUT2D eigenvalue weighted by Crippen LogP contribution is 2.44. The van der Waals surface area contributed by atoms with Crippen LogP contribution in [0.15, 0.2) is 42.2 Å². The average molecular weight is 796 g/mol. The minimum Gasteiger partial charge on any atom is -0.507 e. The molecule has 0 saturated carbocycles. The summed E-state index contributed by atoms with van der Waals surface area (Å²) < 4.78 is 3.37. The number of halogens is 4. The van der Waals surface area contributed by atoms with Crippen LogP contribution in [0.1, 0.15) is 66.8 Å². The second-order valence-electron chi connectivity index (χ2n) is 10.6. The summed E-state index contributed by atoms with van der Waals surface area (Å²) in [6, 6.07) is 7.57. The third-order valence-corrected chi connectivity index (χ3v) is 11.6. The summed E-state index contributed by atoms with van der Waals surface area (Å²) >= 11 is 14.7. The largest absolute Gasteiger partial charge is 0.507 e. The van der Waals surface area contributed by atoms with E-state index < -0.39 is 0 Å². The third kappa shape index (κ3) is 4.99. The van der Waals surface area contributed by atoms with Crippen LogP contribution in [0.2, 0.25) is 0 Å². The first-order valence-electron chi connectivity index (χ1n) is 12.8. The highest BCUT2D eigenvalue weighted by Gasteiger charge is 2.25. The number of phenolic OH excluding ortho intramolecular Hbond substituents is 4. The molecule has 0 amide bonds. The van der Waals surface area contributed by atoms with Crippen LogP contribution in [0, 0.1) is 27.7 Å². The number of phenols is 4. The number of hydrogen-bond donors (Lipinski definition) is 4. The lowest BCUT2D eigenvalue weighted by molar-refractivity contribution is 0.449. The van der Waals surface area contributed by atoms with Gasteiger partial charge in [0.25, 0.3) is 0 Å². The molecule has 208 valence electrons. The molecule has 0 saturated heterocycles. The Morgan fingerprint density at radius 3 is 0.750 bits per heavy atom. The fourth-order valence-electron chi connectivity index (χ4n) is 5.55. The zero-order chi connectivity index (χ0) is 29.2. The van der Waals surface area contributed by atoms with Crippen molar-refractivity contribution in [3.8, 4) is 23.0 Å². The average Bonchev–Trinajstić information content (AvgIpc) is 2.91. The van der Waals surface area contributed by atoms with E-state index in [1.54, 1.807) is 0 Å². The minimum absolute atomic E-state index is 0.147. The molecular weight excluding hydrogens is 768 g/mol. The number of fused-ring (bicyclic) bond motifs is 8. The normalized spacial score (nSPS) is 13.0. The van der Waals surface area contributed by atoms with E-state index in [0.29, 0.717) is 70.2 Å². The Kier molecular flexibility index (Phi) is 8.12. The van der Waals surface area contributed by atoms with E-state index in [1.807, 2.05) is 52.0 Å². The van der Waals surface area contributed by atoms with E-state index in [2.05, 4.69) is 63.7 Å². The van der Waals surface area contributed by atoms with Gasteiger partial charge in [-0.25, -0.2) is 0 Å². The third-order valence-electron chi connectivity index (χ3n) is 8.28. The summed E-state index contributed by atoms with van der Waals surface area (Å²) in [5.74, 6) is 0.587. The van der Waals surface area contributed by atoms with E-state index in [4.69, 9.17) is 0 Å². The molecule has 0 radical (unpaired) electrons. The Morgan fingerprint density at radius 1 is 0.400 bits per heavy atom. The van der Waals surface area contributed by atoms with E-state index in [0.717, 1.165) is 40.1 Å². The first-order valence-corrected chi connectivity index (χ1v) is 16.0. The molecule has 0 unspecified atom stereocenters. The molecule has 0 aliphatic heterocycles. The highest BCUT2D eigenvalue weighted by molar-refractivity contribution is 9.11. The SMILES string of the molecule is Cc1c(Br)cc2c(O)c1Cc1cc(Br)c(C)c(c1O)Cc1cc(Br)c(C)c(c1O)Cc1cc(Br)c(C)c(c1O)C2. The Morgan fingerprint density at radius 2 is 0.575 bits per heavy atom. The van der Waals surface area contributed by atoms with E-state index in [-0.39, 0.29) is 23.0 Å². The summed E-state index contributed by atoms with van der Waals surface area (Å²) in [7, 11) is 0. The molecule has 8 bridgehead atoms. The number of benzene rings is 4. The zero-order valence-electron chi connectivity index (χ0n) is 22.4. The van der Waals surface area contributed by atoms with E-state index in [9.17, 15) is 20.4 Å². The van der Waals surface area contributed by atoms with Gasteiger partial charge < -0.3 is 20.4 Å². The van der Waals surface area contributed by atoms with Crippen molar-refractivity contribution in [1.82, 2.24) is 0 Å². The van der Waals surface area contributed by atoms with Crippen molar-refractivity contribution in [3.05, 3.63) is 109 Å². The van der Waals surface area contributed by atoms with Crippen LogP contribution < -0.4 is 0 Å². The maximum absolute atomic E-state index is 11.6. The fraction of sp³-hybridized carbons (Fsp3) is 0.250. The minimum atomic E-state index is 0.147. The molecule has 0 aromatic heterocycles. The second kappa shape index (κ2) is 11.0. The maximum atomic E-state index is 11.6. The van der Waals surface area contributed by atoms with Crippen LogP contribution in [0.3, 0.4) is 0 Å². The monoisotopic (exact) mass is 792 g/mol. The van der Waals surface area contributed by atoms with Crippen molar-refractivity contribution < 1.29 is 20.4 Å². The van der Waals surface area contributed by atoms with Crippen LogP contribution in [-0.4, -0.2) is 20.4 Å². The van der Waals surface area contributed by atoms with Gasteiger partial charge in [0.15, 0.2) is 0 Å². The van der Waals surface area contributed by atoms with Crippen molar-refractivity contribution in [1.29, 1.82) is 0 Å². The van der Waals surface area contributed by atoms with Crippen molar-refractivity contribution in [2.24, 2.45) is 0 Å². The summed E-state index contributed by atoms with van der Waals surface area (Å²) in [4.78, 5) is 0. The molecule has 5 rings (SSSR count). The number of hydrogen-bond acceptors (Lipinski definition) is 4. The van der Waals surface area contributed by atoms with Crippen molar-refractivity contribution in [3.63, 3.8) is 0 Å². The van der Waals surface area contributed by atoms with E-state index in [1.165, 1.54) is 0 Å². The van der Waals surface area contributed by atoms with Crippen LogP contribution >= 0.6 is 63.7 Å². The van der Waals surface area contributed by atoms with Crippen LogP contribution in [0.5, 0.6) is 23.0 Å². The van der Waals surface area contributed by atoms with Gasteiger partial charge in [-0.3, -0.25) is 0 Å². The lowest BCUT2D eigenvalue weighted by Gasteiger charge is -2.22. The maximum Gasteiger partial charge on any atom is 0.122 e. The second-order valence-corrected chi connectivity index (χ2v) is 14.0. The van der Waals surface area contributed by atoms with Gasteiger partial charge in [0, 0.05) is 65.8 Å². The molecule has 1 aliphatic carbocycles. The Labute approximate surface area is 267 Å². The van der Waals surface area contributed by atoms with Gasteiger partial charge in [-0.2, -0.15) is 0 Å². The van der Waals surface area contributed by atoms with Crippen molar-refractivity contribution in [2.75, 3.05) is 0 Å². The predicted molar refractivity (Wildman–Crippen MR) is 173 cm³/mol. The van der Waals surface area contributed by atoms with Crippen LogP contribution in [0.4, 0.5) is 0 Å². The summed E-state index contributed by atoms with van der Waals surface area (Å²) in [5.41, 5.74) is 8.95. The molecule has 1 aliphatic rings. The standard InChI is InChI=1S/C32H28Br4O4/c1-13-21-5-17-10-26(34)15(3)23(30(17)38)7-19-11-28(36)16(4)24(32(19)40)8-20-12-27(35)14(2)22(31(20)39)6-18(29(21)37)9-25(13)33/h9-12,37-40H,5-8H2,1-4H3. The first-order chi connectivity index (χ1) is 18.8. The first kappa shape index (κ1) is 29.5. The Bertz CT molecular complexity index is 1470. The molecule has 4 aromatic carbocycles. The van der Waals surface area contributed by atoms with Crippen molar-refractivity contribution in [2.45, 2.75) is 53.4 Å². The quantitative estimate of drug-likeness (QED) is 0.126.